The van der Waals surface area contributed by atoms with Crippen LogP contribution in [0, 0.1) is 0 Å². The summed E-state index contributed by atoms with van der Waals surface area (Å²) in [5.41, 5.74) is 1.98. The number of imidazole rings is 1. The molecule has 0 aliphatic heterocycles. The van der Waals surface area contributed by atoms with E-state index >= 15 is 0 Å². The highest BCUT2D eigenvalue weighted by atomic mass is 79.9. The summed E-state index contributed by atoms with van der Waals surface area (Å²) < 4.78 is 2.75. The average molecular weight is 272 g/mol. The van der Waals surface area contributed by atoms with Gasteiger partial charge in [-0.15, -0.1) is 0 Å². The summed E-state index contributed by atoms with van der Waals surface area (Å²) in [7, 11) is 1.94. The molecule has 0 unspecified atom stereocenters. The second-order valence-electron chi connectivity index (χ2n) is 2.97. The van der Waals surface area contributed by atoms with Crippen molar-refractivity contribution < 1.29 is 0 Å². The van der Waals surface area contributed by atoms with E-state index in [1.54, 1.807) is 6.33 Å². The molecule has 14 heavy (non-hydrogen) atoms. The zero-order valence-electron chi connectivity index (χ0n) is 7.54. The molecule has 1 aromatic heterocycles. The molecule has 0 spiro atoms. The summed E-state index contributed by atoms with van der Waals surface area (Å²) in [5.74, 6) is 0. The normalized spacial score (nSPS) is 10.5. The first-order valence-electron chi connectivity index (χ1n) is 4.12. The zero-order valence-corrected chi connectivity index (χ0v) is 9.88. The smallest absolute Gasteiger partial charge is 0.132 e. The van der Waals surface area contributed by atoms with Crippen molar-refractivity contribution in [3.05, 3.63) is 40.2 Å². The Bertz CT molecular complexity index is 445. The summed E-state index contributed by atoms with van der Waals surface area (Å²) in [5, 5.41) is 0.733. The van der Waals surface area contributed by atoms with Crippen LogP contribution < -0.4 is 0 Å². The van der Waals surface area contributed by atoms with E-state index in [1.165, 1.54) is 0 Å². The standard InChI is InChI=1S/C10H8BrClN2/c1-14-6-13-10(11)9(14)7-4-2-3-5-8(7)12/h2-6H,1H3. The Morgan fingerprint density at radius 3 is 2.64 bits per heavy atom. The fraction of sp³-hybridized carbons (Fsp3) is 0.100. The van der Waals surface area contributed by atoms with Crippen molar-refractivity contribution in [2.45, 2.75) is 0 Å². The maximum Gasteiger partial charge on any atom is 0.132 e. The molecule has 0 amide bonds. The average Bonchev–Trinajstić information content (AvgIpc) is 2.48. The molecule has 1 heterocycles. The van der Waals surface area contributed by atoms with Crippen molar-refractivity contribution >= 4 is 27.5 Å². The molecule has 1 aromatic carbocycles. The van der Waals surface area contributed by atoms with Gasteiger partial charge in [0.15, 0.2) is 0 Å². The van der Waals surface area contributed by atoms with E-state index in [2.05, 4.69) is 20.9 Å². The molecule has 0 saturated carbocycles. The van der Waals surface area contributed by atoms with Crippen LogP contribution in [0.25, 0.3) is 11.3 Å². The van der Waals surface area contributed by atoms with Crippen LogP contribution in [0.1, 0.15) is 0 Å². The van der Waals surface area contributed by atoms with Crippen molar-refractivity contribution in [2.75, 3.05) is 0 Å². The number of aromatic nitrogens is 2. The summed E-state index contributed by atoms with van der Waals surface area (Å²) in [6.07, 6.45) is 1.75. The Labute approximate surface area is 95.7 Å². The van der Waals surface area contributed by atoms with Gasteiger partial charge in [-0.25, -0.2) is 4.98 Å². The molecule has 0 aliphatic rings. The van der Waals surface area contributed by atoms with Gasteiger partial charge >= 0.3 is 0 Å². The molecule has 0 radical (unpaired) electrons. The highest BCUT2D eigenvalue weighted by Gasteiger charge is 2.10. The van der Waals surface area contributed by atoms with E-state index in [1.807, 2.05) is 35.9 Å². The van der Waals surface area contributed by atoms with Gasteiger partial charge in [-0.3, -0.25) is 0 Å². The van der Waals surface area contributed by atoms with Crippen LogP contribution in [0.4, 0.5) is 0 Å². The molecular weight excluding hydrogens is 263 g/mol. The van der Waals surface area contributed by atoms with E-state index in [0.29, 0.717) is 0 Å². The van der Waals surface area contributed by atoms with Gasteiger partial charge in [0, 0.05) is 17.6 Å². The number of nitrogens with zero attached hydrogens (tertiary/aromatic N) is 2. The molecule has 0 fully saturated rings. The fourth-order valence-corrected chi connectivity index (χ4v) is 2.17. The quantitative estimate of drug-likeness (QED) is 0.776. The first-order chi connectivity index (χ1) is 6.70. The molecule has 0 saturated heterocycles. The predicted octanol–water partition coefficient (Wildman–Crippen LogP) is 3.50. The number of rotatable bonds is 1. The summed E-state index contributed by atoms with van der Waals surface area (Å²) in [4.78, 5) is 4.15. The van der Waals surface area contributed by atoms with Crippen molar-refractivity contribution in [2.24, 2.45) is 7.05 Å². The summed E-state index contributed by atoms with van der Waals surface area (Å²) in [6.45, 7) is 0. The van der Waals surface area contributed by atoms with Gasteiger partial charge in [-0.1, -0.05) is 29.8 Å². The van der Waals surface area contributed by atoms with Gasteiger partial charge in [0.05, 0.1) is 12.0 Å². The van der Waals surface area contributed by atoms with Gasteiger partial charge in [0.1, 0.15) is 4.60 Å². The number of hydrogen-bond donors (Lipinski definition) is 0. The van der Waals surface area contributed by atoms with Crippen LogP contribution in [0.2, 0.25) is 5.02 Å². The topological polar surface area (TPSA) is 17.8 Å². The monoisotopic (exact) mass is 270 g/mol. The molecular formula is C10H8BrClN2. The van der Waals surface area contributed by atoms with Gasteiger partial charge < -0.3 is 4.57 Å². The lowest BCUT2D eigenvalue weighted by atomic mass is 10.2. The Morgan fingerprint density at radius 2 is 2.07 bits per heavy atom. The van der Waals surface area contributed by atoms with Gasteiger partial charge in [-0.2, -0.15) is 0 Å². The molecule has 0 aliphatic carbocycles. The largest absolute Gasteiger partial charge is 0.333 e. The van der Waals surface area contributed by atoms with Crippen LogP contribution in [-0.4, -0.2) is 9.55 Å². The van der Waals surface area contributed by atoms with Crippen molar-refractivity contribution in [3.8, 4) is 11.3 Å². The molecule has 72 valence electrons. The van der Waals surface area contributed by atoms with E-state index in [0.717, 1.165) is 20.9 Å². The van der Waals surface area contributed by atoms with Gasteiger partial charge in [0.25, 0.3) is 0 Å². The van der Waals surface area contributed by atoms with E-state index in [4.69, 9.17) is 11.6 Å². The second kappa shape index (κ2) is 3.75. The van der Waals surface area contributed by atoms with Gasteiger partial charge in [0.2, 0.25) is 0 Å². The van der Waals surface area contributed by atoms with E-state index in [-0.39, 0.29) is 0 Å². The number of halogens is 2. The number of hydrogen-bond acceptors (Lipinski definition) is 1. The molecule has 2 aromatic rings. The molecule has 0 bridgehead atoms. The lowest BCUT2D eigenvalue weighted by Crippen LogP contribution is -1.90. The Kier molecular flexibility index (Phi) is 2.61. The molecule has 0 atom stereocenters. The SMILES string of the molecule is Cn1cnc(Br)c1-c1ccccc1Cl. The van der Waals surface area contributed by atoms with Crippen molar-refractivity contribution in [3.63, 3.8) is 0 Å². The van der Waals surface area contributed by atoms with Gasteiger partial charge in [-0.05, 0) is 22.0 Å². The maximum absolute atomic E-state index is 6.10. The molecule has 2 nitrogen and oxygen atoms in total. The Morgan fingerprint density at radius 1 is 1.36 bits per heavy atom. The highest BCUT2D eigenvalue weighted by molar-refractivity contribution is 9.10. The molecule has 0 N–H and O–H groups in total. The van der Waals surface area contributed by atoms with Crippen LogP contribution >= 0.6 is 27.5 Å². The minimum absolute atomic E-state index is 0.733. The van der Waals surface area contributed by atoms with Crippen molar-refractivity contribution in [1.82, 2.24) is 9.55 Å². The first-order valence-corrected chi connectivity index (χ1v) is 5.29. The lowest BCUT2D eigenvalue weighted by molar-refractivity contribution is 0.921. The van der Waals surface area contributed by atoms with Crippen LogP contribution in [0.15, 0.2) is 35.2 Å². The maximum atomic E-state index is 6.10. The van der Waals surface area contributed by atoms with Crippen LogP contribution in [0.5, 0.6) is 0 Å². The third-order valence-corrected chi connectivity index (χ3v) is 2.93. The summed E-state index contributed by atoms with van der Waals surface area (Å²) in [6, 6.07) is 7.72. The number of benzene rings is 1. The van der Waals surface area contributed by atoms with Crippen LogP contribution in [0.3, 0.4) is 0 Å². The summed E-state index contributed by atoms with van der Waals surface area (Å²) >= 11 is 9.50. The predicted molar refractivity (Wildman–Crippen MR) is 61.4 cm³/mol. The lowest BCUT2D eigenvalue weighted by Gasteiger charge is -2.05. The van der Waals surface area contributed by atoms with E-state index in [9.17, 15) is 0 Å². The fourth-order valence-electron chi connectivity index (χ4n) is 1.36. The third-order valence-electron chi connectivity index (χ3n) is 2.02. The third kappa shape index (κ3) is 1.57. The molecule has 2 rings (SSSR count). The highest BCUT2D eigenvalue weighted by Crippen LogP contribution is 2.31. The zero-order chi connectivity index (χ0) is 10.1. The van der Waals surface area contributed by atoms with Crippen LogP contribution in [-0.2, 0) is 7.05 Å². The minimum atomic E-state index is 0.733. The number of aryl methyl sites for hydroxylation is 1. The minimum Gasteiger partial charge on any atom is -0.333 e. The Balaban J connectivity index is 2.66. The Hall–Kier alpha value is -0.800. The second-order valence-corrected chi connectivity index (χ2v) is 4.13. The van der Waals surface area contributed by atoms with E-state index < -0.39 is 0 Å². The molecule has 4 heteroatoms. The van der Waals surface area contributed by atoms with Crippen molar-refractivity contribution in [1.29, 1.82) is 0 Å². The first kappa shape index (κ1) is 9.74.